The van der Waals surface area contributed by atoms with E-state index < -0.39 is 41.0 Å². The Kier molecular flexibility index (Phi) is 13.4. The lowest BCUT2D eigenvalue weighted by molar-refractivity contribution is -0.143. The number of alkyl halides is 6. The Hall–Kier alpha value is -2.31. The van der Waals surface area contributed by atoms with Crippen LogP contribution in [0.5, 0.6) is 0 Å². The van der Waals surface area contributed by atoms with E-state index >= 15 is 0 Å². The Balaban J connectivity index is 0.00000353. The molecule has 0 aromatic heterocycles. The van der Waals surface area contributed by atoms with Crippen molar-refractivity contribution in [3.05, 3.63) is 81.9 Å². The van der Waals surface area contributed by atoms with E-state index in [1.54, 1.807) is 0 Å². The zero-order valence-corrected chi connectivity index (χ0v) is 27.4. The van der Waals surface area contributed by atoms with E-state index in [4.69, 9.17) is 4.74 Å². The largest absolute Gasteiger partial charge is 0.416 e. The van der Waals surface area contributed by atoms with Gasteiger partial charge in [-0.1, -0.05) is 30.4 Å². The summed E-state index contributed by atoms with van der Waals surface area (Å²) in [6.45, 7) is 12.8. The Bertz CT molecular complexity index is 1300. The van der Waals surface area contributed by atoms with Gasteiger partial charge in [0.15, 0.2) is 0 Å². The van der Waals surface area contributed by atoms with Gasteiger partial charge in [0.1, 0.15) is 0 Å². The fourth-order valence-corrected chi connectivity index (χ4v) is 5.63. The summed E-state index contributed by atoms with van der Waals surface area (Å²) in [6, 6.07) is 6.56. The Morgan fingerprint density at radius 3 is 2.09 bits per heavy atom. The Labute approximate surface area is 273 Å². The summed E-state index contributed by atoms with van der Waals surface area (Å²) in [7, 11) is 0. The van der Waals surface area contributed by atoms with E-state index in [0.29, 0.717) is 51.4 Å². The third-order valence-corrected chi connectivity index (χ3v) is 8.38. The van der Waals surface area contributed by atoms with Gasteiger partial charge in [0.25, 0.3) is 5.91 Å². The van der Waals surface area contributed by atoms with Gasteiger partial charge in [-0.25, -0.2) is 0 Å². The zero-order chi connectivity index (χ0) is 31.6. The molecule has 2 fully saturated rings. The molecule has 0 aliphatic carbocycles. The molecule has 2 aromatic rings. The molecule has 0 bridgehead atoms. The summed E-state index contributed by atoms with van der Waals surface area (Å²) in [6.07, 6.45) is -5.48. The highest BCUT2D eigenvalue weighted by Crippen LogP contribution is 2.37. The average Bonchev–Trinajstić information content (AvgIpc) is 2.92. The van der Waals surface area contributed by atoms with E-state index in [0.717, 1.165) is 29.8 Å². The number of benzene rings is 2. The SMILES string of the molecule is Cc1ccc(C[C@@H]2CN(CC=CCN3CCOCC3(C)C)CCN2C(=O)c2cc(C(F)(F)F)cc(C(F)(F)F)c2)cc1C.Cl.Cl. The van der Waals surface area contributed by atoms with E-state index in [9.17, 15) is 31.1 Å². The first-order valence-electron chi connectivity index (χ1n) is 14.4. The van der Waals surface area contributed by atoms with Crippen LogP contribution >= 0.6 is 24.8 Å². The van der Waals surface area contributed by atoms with Crippen molar-refractivity contribution >= 4 is 30.7 Å². The number of hydrogen-bond donors (Lipinski definition) is 0. The first-order valence-corrected chi connectivity index (χ1v) is 14.4. The van der Waals surface area contributed by atoms with E-state index in [1.165, 1.54) is 4.90 Å². The van der Waals surface area contributed by atoms with Gasteiger partial charge in [-0.05, 0) is 69.0 Å². The number of halogens is 8. The van der Waals surface area contributed by atoms with Crippen LogP contribution < -0.4 is 0 Å². The topological polar surface area (TPSA) is 36.0 Å². The molecule has 5 nitrogen and oxygen atoms in total. The third-order valence-electron chi connectivity index (χ3n) is 8.38. The molecule has 0 N–H and O–H groups in total. The molecule has 2 aliphatic heterocycles. The second-order valence-electron chi connectivity index (χ2n) is 12.1. The predicted molar refractivity (Wildman–Crippen MR) is 167 cm³/mol. The molecule has 1 amide bonds. The number of carbonyl (C=O) groups excluding carboxylic acids is 1. The van der Waals surface area contributed by atoms with Crippen LogP contribution in [0.3, 0.4) is 0 Å². The molecular weight excluding hydrogens is 643 g/mol. The maximum Gasteiger partial charge on any atom is 0.416 e. The van der Waals surface area contributed by atoms with Gasteiger partial charge in [-0.2, -0.15) is 26.3 Å². The summed E-state index contributed by atoms with van der Waals surface area (Å²) in [5.41, 5.74) is -0.580. The van der Waals surface area contributed by atoms with Crippen molar-refractivity contribution in [3.8, 4) is 0 Å². The second kappa shape index (κ2) is 15.5. The van der Waals surface area contributed by atoms with Crippen molar-refractivity contribution in [1.29, 1.82) is 0 Å². The number of ether oxygens (including phenoxy) is 1. The van der Waals surface area contributed by atoms with E-state index in [2.05, 4.69) is 35.8 Å². The van der Waals surface area contributed by atoms with Crippen LogP contribution in [0.25, 0.3) is 0 Å². The van der Waals surface area contributed by atoms with Crippen molar-refractivity contribution in [2.45, 2.75) is 58.0 Å². The minimum Gasteiger partial charge on any atom is -0.378 e. The molecule has 0 unspecified atom stereocenters. The predicted octanol–water partition coefficient (Wildman–Crippen LogP) is 7.22. The molecule has 2 saturated heterocycles. The first kappa shape index (κ1) is 38.9. The van der Waals surface area contributed by atoms with Crippen LogP contribution in [0.15, 0.2) is 48.6 Å². The van der Waals surface area contributed by atoms with Gasteiger partial charge in [0.2, 0.25) is 0 Å². The minimum absolute atomic E-state index is 0. The molecule has 1 atom stereocenters. The van der Waals surface area contributed by atoms with Crippen molar-refractivity contribution < 1.29 is 35.9 Å². The monoisotopic (exact) mass is 683 g/mol. The van der Waals surface area contributed by atoms with Crippen LogP contribution in [0, 0.1) is 13.8 Å². The second-order valence-corrected chi connectivity index (χ2v) is 12.1. The van der Waals surface area contributed by atoms with Gasteiger partial charge in [0.05, 0.1) is 24.3 Å². The van der Waals surface area contributed by atoms with Crippen LogP contribution in [0.1, 0.15) is 52.0 Å². The van der Waals surface area contributed by atoms with Gasteiger partial charge in [-0.15, -0.1) is 24.8 Å². The number of rotatable bonds is 7. The summed E-state index contributed by atoms with van der Waals surface area (Å²) < 4.78 is 86.7. The van der Waals surface area contributed by atoms with Crippen LogP contribution in [-0.4, -0.2) is 84.7 Å². The highest BCUT2D eigenvalue weighted by Gasteiger charge is 2.39. The summed E-state index contributed by atoms with van der Waals surface area (Å²) in [5.74, 6) is -0.838. The van der Waals surface area contributed by atoms with Crippen molar-refractivity contribution in [3.63, 3.8) is 0 Å². The molecule has 252 valence electrons. The summed E-state index contributed by atoms with van der Waals surface area (Å²) in [4.78, 5) is 19.6. The Morgan fingerprint density at radius 2 is 1.51 bits per heavy atom. The molecular formula is C32H41Cl2F6N3O2. The number of hydrogen-bond acceptors (Lipinski definition) is 4. The van der Waals surface area contributed by atoms with Crippen molar-refractivity contribution in [2.24, 2.45) is 0 Å². The molecule has 45 heavy (non-hydrogen) atoms. The smallest absolute Gasteiger partial charge is 0.378 e. The normalized spacial score (nSPS) is 19.7. The lowest BCUT2D eigenvalue weighted by atomic mass is 9.97. The van der Waals surface area contributed by atoms with Gasteiger partial charge >= 0.3 is 12.4 Å². The summed E-state index contributed by atoms with van der Waals surface area (Å²) in [5, 5.41) is 0. The minimum atomic E-state index is -5.03. The number of piperazine rings is 1. The maximum atomic E-state index is 13.6. The zero-order valence-electron chi connectivity index (χ0n) is 25.8. The number of amides is 1. The van der Waals surface area contributed by atoms with Gasteiger partial charge in [-0.3, -0.25) is 14.6 Å². The van der Waals surface area contributed by atoms with Crippen LogP contribution in [0.4, 0.5) is 26.3 Å². The third kappa shape index (κ3) is 10.1. The number of carbonyl (C=O) groups is 1. The fourth-order valence-electron chi connectivity index (χ4n) is 5.63. The molecule has 0 saturated carbocycles. The number of nitrogens with zero attached hydrogens (tertiary/aromatic N) is 3. The standard InChI is InChI=1S/C32H39F6N3O2.2ClH/c1-22-7-8-24(15-23(22)2)16-28-20-39(9-5-6-10-40-13-14-43-21-30(40,3)4)11-12-41(28)29(42)25-17-26(31(33,34)35)19-27(18-25)32(36,37)38;;/h5-8,15,17-19,28H,9-14,16,20-21H2,1-4H3;2*1H/t28-;;/m1../s1. The van der Waals surface area contributed by atoms with E-state index in [-0.39, 0.29) is 43.0 Å². The lowest BCUT2D eigenvalue weighted by Crippen LogP contribution is -2.56. The summed E-state index contributed by atoms with van der Waals surface area (Å²) >= 11 is 0. The van der Waals surface area contributed by atoms with E-state index in [1.807, 2.05) is 32.0 Å². The van der Waals surface area contributed by atoms with Crippen molar-refractivity contribution in [1.82, 2.24) is 14.7 Å². The van der Waals surface area contributed by atoms with Gasteiger partial charge in [0, 0.05) is 56.4 Å². The molecule has 0 radical (unpaired) electrons. The number of morpholine rings is 1. The highest BCUT2D eigenvalue weighted by atomic mass is 35.5. The maximum absolute atomic E-state index is 13.6. The fraction of sp³-hybridized carbons (Fsp3) is 0.531. The van der Waals surface area contributed by atoms with Crippen LogP contribution in [-0.2, 0) is 23.5 Å². The van der Waals surface area contributed by atoms with Crippen LogP contribution in [0.2, 0.25) is 0 Å². The molecule has 0 spiro atoms. The average molecular weight is 685 g/mol. The van der Waals surface area contributed by atoms with Crippen molar-refractivity contribution in [2.75, 3.05) is 52.5 Å². The number of aryl methyl sites for hydroxylation is 2. The Morgan fingerprint density at radius 1 is 0.889 bits per heavy atom. The highest BCUT2D eigenvalue weighted by molar-refractivity contribution is 5.95. The lowest BCUT2D eigenvalue weighted by Gasteiger charge is -2.42. The molecule has 4 rings (SSSR count). The van der Waals surface area contributed by atoms with Gasteiger partial charge < -0.3 is 9.64 Å². The molecule has 2 aliphatic rings. The molecule has 2 aromatic carbocycles. The quantitative estimate of drug-likeness (QED) is 0.228. The first-order chi connectivity index (χ1) is 20.0. The molecule has 2 heterocycles. The molecule has 13 heteroatoms.